The van der Waals surface area contributed by atoms with Gasteiger partial charge in [-0.3, -0.25) is 4.79 Å². The second kappa shape index (κ2) is 5.56. The molecule has 0 radical (unpaired) electrons. The van der Waals surface area contributed by atoms with Gasteiger partial charge in [-0.2, -0.15) is 0 Å². The number of rotatable bonds is 4. The van der Waals surface area contributed by atoms with Gasteiger partial charge in [-0.1, -0.05) is 0 Å². The molecule has 4 nitrogen and oxygen atoms in total. The molecule has 17 heavy (non-hydrogen) atoms. The summed E-state index contributed by atoms with van der Waals surface area (Å²) in [5.41, 5.74) is 6.17. The molecule has 6 heteroatoms. The molecular formula is C11H14F2N2O2. The normalized spacial score (nSPS) is 10.6. The van der Waals surface area contributed by atoms with Crippen molar-refractivity contribution in [3.63, 3.8) is 0 Å². The summed E-state index contributed by atoms with van der Waals surface area (Å²) < 4.78 is 29.8. The number of carbonyl (C=O) groups excluding carboxylic acids is 1. The van der Waals surface area contributed by atoms with Gasteiger partial charge in [0.25, 0.3) is 6.43 Å². The van der Waals surface area contributed by atoms with Crippen LogP contribution < -0.4 is 5.73 Å². The minimum atomic E-state index is -2.68. The van der Waals surface area contributed by atoms with Crippen LogP contribution in [0.3, 0.4) is 0 Å². The Morgan fingerprint density at radius 1 is 1.59 bits per heavy atom. The van der Waals surface area contributed by atoms with Crippen LogP contribution in [0.2, 0.25) is 0 Å². The van der Waals surface area contributed by atoms with Gasteiger partial charge in [-0.25, -0.2) is 13.8 Å². The second-order valence-corrected chi connectivity index (χ2v) is 3.49. The number of carbonyl (C=O) groups is 1. The Hall–Kier alpha value is -1.72. The van der Waals surface area contributed by atoms with E-state index in [0.717, 1.165) is 6.07 Å². The highest BCUT2D eigenvalue weighted by Gasteiger charge is 2.16. The molecule has 1 heterocycles. The molecule has 1 aromatic rings. The Bertz CT molecular complexity index is 422. The average Bonchev–Trinajstić information content (AvgIpc) is 2.24. The van der Waals surface area contributed by atoms with Crippen molar-refractivity contribution in [1.29, 1.82) is 0 Å². The number of nitrogen functional groups attached to an aromatic ring is 1. The molecule has 0 aromatic carbocycles. The molecule has 0 unspecified atom stereocenters. The lowest BCUT2D eigenvalue weighted by Gasteiger charge is -2.10. The maximum absolute atomic E-state index is 12.5. The minimum absolute atomic E-state index is 0.122. The first-order valence-corrected chi connectivity index (χ1v) is 5.15. The number of ether oxygens (including phenoxy) is 1. The maximum atomic E-state index is 12.5. The van der Waals surface area contributed by atoms with Crippen LogP contribution in [-0.2, 0) is 16.0 Å². The summed E-state index contributed by atoms with van der Waals surface area (Å²) in [7, 11) is 0. The SMILES string of the molecule is CCOC(=O)Cc1cc(C(F)F)nc(C)c1N. The average molecular weight is 244 g/mol. The number of pyridine rings is 1. The molecule has 0 fully saturated rings. The number of anilines is 1. The van der Waals surface area contributed by atoms with Crippen molar-refractivity contribution in [3.8, 4) is 0 Å². The van der Waals surface area contributed by atoms with Crippen molar-refractivity contribution in [1.82, 2.24) is 4.98 Å². The number of aromatic nitrogens is 1. The van der Waals surface area contributed by atoms with Crippen LogP contribution in [0.1, 0.15) is 30.3 Å². The highest BCUT2D eigenvalue weighted by atomic mass is 19.3. The summed E-state index contributed by atoms with van der Waals surface area (Å²) in [5.74, 6) is -0.495. The number of nitrogens with zero attached hydrogens (tertiary/aromatic N) is 1. The van der Waals surface area contributed by atoms with Crippen LogP contribution in [0, 0.1) is 6.92 Å². The van der Waals surface area contributed by atoms with Gasteiger partial charge in [0.1, 0.15) is 5.69 Å². The third-order valence-electron chi connectivity index (χ3n) is 2.22. The standard InChI is InChI=1S/C11H14F2N2O2/c1-3-17-9(16)5-7-4-8(11(12)13)15-6(2)10(7)14/h4,11H,3,5,14H2,1-2H3. The maximum Gasteiger partial charge on any atom is 0.310 e. The molecule has 0 saturated heterocycles. The Labute approximate surface area is 97.8 Å². The fourth-order valence-electron chi connectivity index (χ4n) is 1.40. The third kappa shape index (κ3) is 3.37. The smallest absolute Gasteiger partial charge is 0.310 e. The Balaban J connectivity index is 3.01. The van der Waals surface area contributed by atoms with Gasteiger partial charge in [-0.05, 0) is 25.5 Å². The summed E-state index contributed by atoms with van der Waals surface area (Å²) in [6, 6.07) is 1.14. The first kappa shape index (κ1) is 13.3. The van der Waals surface area contributed by atoms with Crippen LogP contribution in [-0.4, -0.2) is 17.6 Å². The number of alkyl halides is 2. The van der Waals surface area contributed by atoms with Crippen molar-refractivity contribution in [2.24, 2.45) is 0 Å². The molecule has 94 valence electrons. The molecule has 2 N–H and O–H groups in total. The van der Waals surface area contributed by atoms with E-state index in [1.54, 1.807) is 6.92 Å². The quantitative estimate of drug-likeness (QED) is 0.823. The van der Waals surface area contributed by atoms with E-state index < -0.39 is 12.4 Å². The number of hydrogen-bond donors (Lipinski definition) is 1. The zero-order chi connectivity index (χ0) is 13.0. The van der Waals surface area contributed by atoms with E-state index in [-0.39, 0.29) is 24.4 Å². The zero-order valence-electron chi connectivity index (χ0n) is 9.67. The molecule has 0 aliphatic heterocycles. The van der Waals surface area contributed by atoms with Crippen molar-refractivity contribution >= 4 is 11.7 Å². The zero-order valence-corrected chi connectivity index (χ0v) is 9.67. The number of hydrogen-bond acceptors (Lipinski definition) is 4. The fourth-order valence-corrected chi connectivity index (χ4v) is 1.40. The first-order chi connectivity index (χ1) is 7.95. The molecular weight excluding hydrogens is 230 g/mol. The van der Waals surface area contributed by atoms with Crippen molar-refractivity contribution in [3.05, 3.63) is 23.0 Å². The molecule has 0 aliphatic carbocycles. The molecule has 0 bridgehead atoms. The second-order valence-electron chi connectivity index (χ2n) is 3.49. The van der Waals surface area contributed by atoms with Gasteiger partial charge in [0, 0.05) is 0 Å². The van der Waals surface area contributed by atoms with Gasteiger partial charge in [0.2, 0.25) is 0 Å². The van der Waals surface area contributed by atoms with Crippen molar-refractivity contribution < 1.29 is 18.3 Å². The van der Waals surface area contributed by atoms with Gasteiger partial charge < -0.3 is 10.5 Å². The predicted octanol–water partition coefficient (Wildman–Crippen LogP) is 2.02. The van der Waals surface area contributed by atoms with Gasteiger partial charge in [-0.15, -0.1) is 0 Å². The van der Waals surface area contributed by atoms with Gasteiger partial charge >= 0.3 is 5.97 Å². The summed E-state index contributed by atoms with van der Waals surface area (Å²) in [5, 5.41) is 0. The monoisotopic (exact) mass is 244 g/mol. The number of nitrogens with two attached hydrogens (primary N) is 1. The van der Waals surface area contributed by atoms with E-state index in [4.69, 9.17) is 10.5 Å². The summed E-state index contributed by atoms with van der Waals surface area (Å²) >= 11 is 0. The largest absolute Gasteiger partial charge is 0.466 e. The molecule has 1 rings (SSSR count). The van der Waals surface area contributed by atoms with Crippen molar-refractivity contribution in [2.45, 2.75) is 26.7 Å². The number of esters is 1. The topological polar surface area (TPSA) is 65.2 Å². The van der Waals surface area contributed by atoms with E-state index in [2.05, 4.69) is 4.98 Å². The van der Waals surface area contributed by atoms with Crippen molar-refractivity contribution in [2.75, 3.05) is 12.3 Å². The number of halogens is 2. The predicted molar refractivity (Wildman–Crippen MR) is 58.7 cm³/mol. The molecule has 1 aromatic heterocycles. The highest BCUT2D eigenvalue weighted by molar-refractivity contribution is 5.75. The Morgan fingerprint density at radius 2 is 2.24 bits per heavy atom. The minimum Gasteiger partial charge on any atom is -0.466 e. The Kier molecular flexibility index (Phi) is 4.37. The van der Waals surface area contributed by atoms with E-state index in [1.807, 2.05) is 0 Å². The highest BCUT2D eigenvalue weighted by Crippen LogP contribution is 2.23. The van der Waals surface area contributed by atoms with Crippen LogP contribution in [0.25, 0.3) is 0 Å². The third-order valence-corrected chi connectivity index (χ3v) is 2.22. The van der Waals surface area contributed by atoms with Crippen LogP contribution in [0.4, 0.5) is 14.5 Å². The lowest BCUT2D eigenvalue weighted by Crippen LogP contribution is -2.11. The Morgan fingerprint density at radius 3 is 2.76 bits per heavy atom. The molecule has 0 amide bonds. The fraction of sp³-hybridized carbons (Fsp3) is 0.455. The van der Waals surface area contributed by atoms with E-state index >= 15 is 0 Å². The van der Waals surface area contributed by atoms with Crippen LogP contribution in [0.5, 0.6) is 0 Å². The van der Waals surface area contributed by atoms with E-state index in [9.17, 15) is 13.6 Å². The molecule has 0 saturated carbocycles. The lowest BCUT2D eigenvalue weighted by molar-refractivity contribution is -0.142. The van der Waals surface area contributed by atoms with Gasteiger partial charge in [0.05, 0.1) is 24.4 Å². The summed E-state index contributed by atoms with van der Waals surface area (Å²) in [4.78, 5) is 14.9. The molecule has 0 aliphatic rings. The van der Waals surface area contributed by atoms with E-state index in [0.29, 0.717) is 11.3 Å². The van der Waals surface area contributed by atoms with Gasteiger partial charge in [0.15, 0.2) is 0 Å². The molecule has 0 atom stereocenters. The first-order valence-electron chi connectivity index (χ1n) is 5.15. The van der Waals surface area contributed by atoms with E-state index in [1.165, 1.54) is 6.92 Å². The summed E-state index contributed by atoms with van der Waals surface area (Å²) in [6.07, 6.45) is -2.81. The van der Waals surface area contributed by atoms with Crippen LogP contribution in [0.15, 0.2) is 6.07 Å². The summed E-state index contributed by atoms with van der Waals surface area (Å²) in [6.45, 7) is 3.43. The molecule has 0 spiro atoms. The number of aryl methyl sites for hydroxylation is 1. The lowest BCUT2D eigenvalue weighted by atomic mass is 10.1. The van der Waals surface area contributed by atoms with Crippen LogP contribution >= 0.6 is 0 Å².